The van der Waals surface area contributed by atoms with Crippen LogP contribution in [0.2, 0.25) is 0 Å². The number of carbonyl (C=O) groups excluding carboxylic acids is 1. The zero-order chi connectivity index (χ0) is 13.9. The average Bonchev–Trinajstić information content (AvgIpc) is 2.82. The Morgan fingerprint density at radius 3 is 2.70 bits per heavy atom. The third-order valence-electron chi connectivity index (χ3n) is 3.31. The van der Waals surface area contributed by atoms with E-state index in [1.807, 2.05) is 36.4 Å². The first-order chi connectivity index (χ1) is 9.78. The Morgan fingerprint density at radius 1 is 1.15 bits per heavy atom. The van der Waals surface area contributed by atoms with Gasteiger partial charge in [-0.2, -0.15) is 0 Å². The van der Waals surface area contributed by atoms with Gasteiger partial charge >= 0.3 is 0 Å². The second kappa shape index (κ2) is 5.17. The normalized spacial score (nSPS) is 15.4. The summed E-state index contributed by atoms with van der Waals surface area (Å²) in [7, 11) is 0. The maximum absolute atomic E-state index is 11.8. The summed E-state index contributed by atoms with van der Waals surface area (Å²) in [5.74, 6) is 0.497. The minimum Gasteiger partial charge on any atom is -0.489 e. The first-order valence-corrected chi connectivity index (χ1v) is 6.33. The van der Waals surface area contributed by atoms with E-state index < -0.39 is 0 Å². The van der Waals surface area contributed by atoms with Crippen LogP contribution in [0.15, 0.2) is 53.7 Å². The summed E-state index contributed by atoms with van der Waals surface area (Å²) in [4.78, 5) is 11.8. The first kappa shape index (κ1) is 12.4. The summed E-state index contributed by atoms with van der Waals surface area (Å²) in [5.41, 5.74) is 2.69. The second-order valence-electron chi connectivity index (χ2n) is 4.65. The number of hydrogen-bond donors (Lipinski definition) is 1. The number of benzene rings is 2. The van der Waals surface area contributed by atoms with Crippen LogP contribution in [0.5, 0.6) is 5.75 Å². The Morgan fingerprint density at radius 2 is 1.95 bits per heavy atom. The van der Waals surface area contributed by atoms with Crippen LogP contribution < -0.4 is 4.74 Å². The molecule has 0 atom stereocenters. The van der Waals surface area contributed by atoms with E-state index in [4.69, 9.17) is 9.94 Å². The molecule has 0 amide bonds. The Balaban J connectivity index is 1.76. The highest BCUT2D eigenvalue weighted by Crippen LogP contribution is 2.25. The van der Waals surface area contributed by atoms with E-state index in [-0.39, 0.29) is 11.5 Å². The fraction of sp³-hybridized carbons (Fsp3) is 0.125. The highest BCUT2D eigenvalue weighted by atomic mass is 16.5. The van der Waals surface area contributed by atoms with Crippen LogP contribution in [0.25, 0.3) is 0 Å². The van der Waals surface area contributed by atoms with Gasteiger partial charge < -0.3 is 9.94 Å². The molecule has 0 aromatic heterocycles. The zero-order valence-corrected chi connectivity index (χ0v) is 10.7. The molecule has 0 bridgehead atoms. The van der Waals surface area contributed by atoms with Crippen molar-refractivity contribution < 1.29 is 14.7 Å². The third-order valence-corrected chi connectivity index (χ3v) is 3.31. The predicted octanol–water partition coefficient (Wildman–Crippen LogP) is 2.83. The number of Topliss-reactive ketones (excluding diaryl/α,β-unsaturated/α-hetero) is 1. The van der Waals surface area contributed by atoms with Crippen molar-refractivity contribution in [2.24, 2.45) is 5.16 Å². The molecule has 1 N–H and O–H groups in total. The lowest BCUT2D eigenvalue weighted by atomic mass is 10.1. The van der Waals surface area contributed by atoms with E-state index in [1.165, 1.54) is 0 Å². The molecule has 0 heterocycles. The standard InChI is InChI=1S/C16H13NO3/c18-16-14-7-6-13(8-12(14)9-15(16)17-19)20-10-11-4-2-1-3-5-11/h1-8,19H,9-10H2. The van der Waals surface area contributed by atoms with Crippen LogP contribution in [0.4, 0.5) is 0 Å². The van der Waals surface area contributed by atoms with Gasteiger partial charge in [0.15, 0.2) is 0 Å². The van der Waals surface area contributed by atoms with Gasteiger partial charge in [-0.15, -0.1) is 0 Å². The molecule has 2 aromatic rings. The van der Waals surface area contributed by atoms with Crippen molar-refractivity contribution in [2.45, 2.75) is 13.0 Å². The molecule has 0 fully saturated rings. The molecule has 100 valence electrons. The van der Waals surface area contributed by atoms with Crippen molar-refractivity contribution in [1.82, 2.24) is 0 Å². The molecular weight excluding hydrogens is 254 g/mol. The van der Waals surface area contributed by atoms with Gasteiger partial charge in [-0.05, 0) is 29.3 Å². The lowest BCUT2D eigenvalue weighted by Crippen LogP contribution is -2.06. The lowest BCUT2D eigenvalue weighted by molar-refractivity contribution is 0.106. The van der Waals surface area contributed by atoms with Gasteiger partial charge in [-0.3, -0.25) is 4.79 Å². The SMILES string of the molecule is O=C1C(=NO)Cc2cc(OCc3ccccc3)ccc21. The highest BCUT2D eigenvalue weighted by molar-refractivity contribution is 6.49. The Labute approximate surface area is 116 Å². The molecular formula is C16H13NO3. The fourth-order valence-electron chi connectivity index (χ4n) is 2.27. The maximum Gasteiger partial charge on any atom is 0.211 e. The summed E-state index contributed by atoms with van der Waals surface area (Å²) >= 11 is 0. The van der Waals surface area contributed by atoms with Crippen LogP contribution in [0, 0.1) is 0 Å². The van der Waals surface area contributed by atoms with Crippen LogP contribution in [-0.2, 0) is 13.0 Å². The lowest BCUT2D eigenvalue weighted by Gasteiger charge is -2.07. The monoisotopic (exact) mass is 267 g/mol. The molecule has 0 saturated carbocycles. The molecule has 0 aliphatic heterocycles. The van der Waals surface area contributed by atoms with Crippen LogP contribution in [0.3, 0.4) is 0 Å². The second-order valence-corrected chi connectivity index (χ2v) is 4.65. The number of oxime groups is 1. The highest BCUT2D eigenvalue weighted by Gasteiger charge is 2.27. The molecule has 0 saturated heterocycles. The number of carbonyl (C=O) groups is 1. The summed E-state index contributed by atoms with van der Waals surface area (Å²) in [6.45, 7) is 0.481. The molecule has 0 unspecified atom stereocenters. The van der Waals surface area contributed by atoms with Gasteiger partial charge in [0.05, 0.1) is 0 Å². The summed E-state index contributed by atoms with van der Waals surface area (Å²) < 4.78 is 5.71. The van der Waals surface area contributed by atoms with E-state index in [9.17, 15) is 4.79 Å². The average molecular weight is 267 g/mol. The quantitative estimate of drug-likeness (QED) is 0.687. The van der Waals surface area contributed by atoms with Gasteiger partial charge in [0.1, 0.15) is 18.1 Å². The number of ketones is 1. The van der Waals surface area contributed by atoms with Crippen molar-refractivity contribution in [3.05, 3.63) is 65.2 Å². The summed E-state index contributed by atoms with van der Waals surface area (Å²) in [6.07, 6.45) is 0.354. The third kappa shape index (κ3) is 2.28. The first-order valence-electron chi connectivity index (χ1n) is 6.33. The van der Waals surface area contributed by atoms with Crippen molar-refractivity contribution in [3.8, 4) is 5.75 Å². The fourth-order valence-corrected chi connectivity index (χ4v) is 2.27. The van der Waals surface area contributed by atoms with E-state index in [0.717, 1.165) is 11.1 Å². The van der Waals surface area contributed by atoms with Crippen molar-refractivity contribution in [3.63, 3.8) is 0 Å². The van der Waals surface area contributed by atoms with E-state index in [0.29, 0.717) is 24.3 Å². The number of ether oxygens (including phenoxy) is 1. The molecule has 4 heteroatoms. The predicted molar refractivity (Wildman–Crippen MR) is 74.5 cm³/mol. The Hall–Kier alpha value is -2.62. The molecule has 2 aromatic carbocycles. The van der Waals surface area contributed by atoms with Crippen molar-refractivity contribution >= 4 is 11.5 Å². The largest absolute Gasteiger partial charge is 0.489 e. The van der Waals surface area contributed by atoms with Gasteiger partial charge in [0.2, 0.25) is 5.78 Å². The summed E-state index contributed by atoms with van der Waals surface area (Å²) in [5, 5.41) is 11.8. The van der Waals surface area contributed by atoms with E-state index in [1.54, 1.807) is 12.1 Å². The Kier molecular flexibility index (Phi) is 3.21. The number of hydrogen-bond acceptors (Lipinski definition) is 4. The van der Waals surface area contributed by atoms with E-state index >= 15 is 0 Å². The van der Waals surface area contributed by atoms with Crippen molar-refractivity contribution in [1.29, 1.82) is 0 Å². The van der Waals surface area contributed by atoms with E-state index in [2.05, 4.69) is 5.16 Å². The molecule has 4 nitrogen and oxygen atoms in total. The molecule has 3 rings (SSSR count). The van der Waals surface area contributed by atoms with Gasteiger partial charge in [-0.1, -0.05) is 35.5 Å². The number of fused-ring (bicyclic) bond motifs is 1. The molecule has 20 heavy (non-hydrogen) atoms. The minimum atomic E-state index is -0.211. The van der Waals surface area contributed by atoms with Crippen LogP contribution in [-0.4, -0.2) is 16.7 Å². The van der Waals surface area contributed by atoms with Gasteiger partial charge in [0, 0.05) is 12.0 Å². The number of rotatable bonds is 3. The topological polar surface area (TPSA) is 58.9 Å². The van der Waals surface area contributed by atoms with Crippen LogP contribution >= 0.6 is 0 Å². The summed E-state index contributed by atoms with van der Waals surface area (Å²) in [6, 6.07) is 15.2. The smallest absolute Gasteiger partial charge is 0.211 e. The Bertz CT molecular complexity index is 677. The zero-order valence-electron chi connectivity index (χ0n) is 10.7. The van der Waals surface area contributed by atoms with Gasteiger partial charge in [0.25, 0.3) is 0 Å². The number of nitrogens with zero attached hydrogens (tertiary/aromatic N) is 1. The van der Waals surface area contributed by atoms with Crippen molar-refractivity contribution in [2.75, 3.05) is 0 Å². The maximum atomic E-state index is 11.8. The minimum absolute atomic E-state index is 0.181. The molecule has 1 aliphatic carbocycles. The molecule has 1 aliphatic rings. The van der Waals surface area contributed by atoms with Gasteiger partial charge in [-0.25, -0.2) is 0 Å². The van der Waals surface area contributed by atoms with Crippen LogP contribution in [0.1, 0.15) is 21.5 Å². The molecule has 0 radical (unpaired) electrons. The molecule has 0 spiro atoms.